The Labute approximate surface area is 205 Å². The lowest BCUT2D eigenvalue weighted by molar-refractivity contribution is -0.121. The Morgan fingerprint density at radius 1 is 1.18 bits per heavy atom. The lowest BCUT2D eigenvalue weighted by Gasteiger charge is -2.18. The van der Waals surface area contributed by atoms with Crippen LogP contribution in [0.3, 0.4) is 0 Å². The molecule has 0 saturated heterocycles. The van der Waals surface area contributed by atoms with Crippen molar-refractivity contribution in [3.05, 3.63) is 81.6 Å². The minimum absolute atomic E-state index is 0.0432. The number of benzene rings is 2. The molecule has 0 radical (unpaired) electrons. The van der Waals surface area contributed by atoms with Crippen molar-refractivity contribution < 1.29 is 9.59 Å². The van der Waals surface area contributed by atoms with Crippen LogP contribution in [0, 0.1) is 6.92 Å². The van der Waals surface area contributed by atoms with Crippen LogP contribution < -0.4 is 5.32 Å². The molecule has 0 aliphatic carbocycles. The van der Waals surface area contributed by atoms with Crippen molar-refractivity contribution in [2.75, 3.05) is 0 Å². The normalized spacial score (nSPS) is 11.8. The van der Waals surface area contributed by atoms with E-state index < -0.39 is 6.04 Å². The highest BCUT2D eigenvalue weighted by Gasteiger charge is 2.24. The number of nitrogens with zero attached hydrogens (tertiary/aromatic N) is 6. The van der Waals surface area contributed by atoms with E-state index in [1.807, 2.05) is 42.5 Å². The molecule has 1 atom stereocenters. The molecule has 0 saturated carbocycles. The van der Waals surface area contributed by atoms with Crippen LogP contribution in [-0.2, 0) is 17.6 Å². The minimum Gasteiger partial charge on any atom is -0.341 e. The number of hydrogen-bond donors (Lipinski definition) is 1. The summed E-state index contributed by atoms with van der Waals surface area (Å²) < 4.78 is 5.38. The van der Waals surface area contributed by atoms with Gasteiger partial charge in [0.1, 0.15) is 11.2 Å². The van der Waals surface area contributed by atoms with Crippen LogP contribution in [0.5, 0.6) is 0 Å². The lowest BCUT2D eigenvalue weighted by atomic mass is 9.97. The number of rotatable bonds is 10. The largest absolute Gasteiger partial charge is 0.341 e. The molecule has 34 heavy (non-hydrogen) atoms. The molecule has 1 N–H and O–H groups in total. The van der Waals surface area contributed by atoms with Gasteiger partial charge < -0.3 is 5.32 Å². The highest BCUT2D eigenvalue weighted by atomic mass is 35.5. The molecule has 4 aromatic rings. The summed E-state index contributed by atoms with van der Waals surface area (Å²) in [7, 11) is 0. The van der Waals surface area contributed by atoms with Gasteiger partial charge in [-0.3, -0.25) is 9.59 Å². The number of carbonyl (C=O) groups excluding carboxylic acids is 2. The van der Waals surface area contributed by atoms with E-state index in [0.717, 1.165) is 28.3 Å². The average molecular weight is 496 g/mol. The molecule has 9 nitrogen and oxygen atoms in total. The number of aromatic nitrogens is 6. The van der Waals surface area contributed by atoms with Gasteiger partial charge in [0.25, 0.3) is 5.91 Å². The monoisotopic (exact) mass is 495 g/mol. The predicted octanol–water partition coefficient (Wildman–Crippen LogP) is 3.41. The third-order valence-corrected chi connectivity index (χ3v) is 6.40. The number of ketones is 1. The smallest absolute Gasteiger partial charge is 0.265 e. The summed E-state index contributed by atoms with van der Waals surface area (Å²) in [6, 6.07) is 14.4. The molecule has 0 spiro atoms. The lowest BCUT2D eigenvalue weighted by Crippen LogP contribution is -2.42. The van der Waals surface area contributed by atoms with Gasteiger partial charge in [-0.15, -0.1) is 10.2 Å². The second-order valence-corrected chi connectivity index (χ2v) is 8.94. The zero-order chi connectivity index (χ0) is 23.9. The average Bonchev–Trinajstić information content (AvgIpc) is 3.51. The van der Waals surface area contributed by atoms with Crippen LogP contribution in [0.4, 0.5) is 0 Å². The molecular weight excluding hydrogens is 474 g/mol. The third-order valence-electron chi connectivity index (χ3n) is 5.34. The summed E-state index contributed by atoms with van der Waals surface area (Å²) in [6.45, 7) is 1.72. The fourth-order valence-electron chi connectivity index (χ4n) is 3.64. The number of carbonyl (C=O) groups is 2. The Balaban J connectivity index is 1.45. The number of hydrogen-bond acceptors (Lipinski definition) is 8. The SMILES string of the molecule is Cc1nnsc1C(=O)N[C@@H](Cc1ccccc1)C(=O)CCCc1cc(Cl)ccc1-n1cnnn1. The fraction of sp³-hybridized carbons (Fsp3) is 0.261. The van der Waals surface area contributed by atoms with Crippen molar-refractivity contribution in [3.8, 4) is 5.69 Å². The maximum atomic E-state index is 13.2. The van der Waals surface area contributed by atoms with Crippen molar-refractivity contribution in [2.24, 2.45) is 0 Å². The number of tetrazole rings is 1. The van der Waals surface area contributed by atoms with Crippen LogP contribution >= 0.6 is 23.1 Å². The quantitative estimate of drug-likeness (QED) is 0.358. The second kappa shape index (κ2) is 11.1. The van der Waals surface area contributed by atoms with Gasteiger partial charge in [0, 0.05) is 11.4 Å². The van der Waals surface area contributed by atoms with Crippen LogP contribution in [0.15, 0.2) is 54.9 Å². The molecule has 2 aromatic heterocycles. The van der Waals surface area contributed by atoms with Gasteiger partial charge in [-0.05, 0) is 77.5 Å². The number of halogens is 1. The number of amides is 1. The Bertz CT molecular complexity index is 1260. The maximum absolute atomic E-state index is 13.2. The highest BCUT2D eigenvalue weighted by molar-refractivity contribution is 7.08. The minimum atomic E-state index is -0.658. The summed E-state index contributed by atoms with van der Waals surface area (Å²) in [5.41, 5.74) is 3.26. The van der Waals surface area contributed by atoms with Gasteiger partial charge in [0.2, 0.25) is 0 Å². The number of Topliss-reactive ketones (excluding diaryl/α,β-unsaturated/α-hetero) is 1. The first-order valence-corrected chi connectivity index (χ1v) is 11.8. The van der Waals surface area contributed by atoms with E-state index in [4.69, 9.17) is 11.6 Å². The predicted molar refractivity (Wildman–Crippen MR) is 128 cm³/mol. The topological polar surface area (TPSA) is 116 Å². The molecule has 0 aliphatic rings. The van der Waals surface area contributed by atoms with E-state index in [1.165, 1.54) is 6.33 Å². The fourth-order valence-corrected chi connectivity index (χ4v) is 4.39. The first kappa shape index (κ1) is 23.7. The molecule has 2 aromatic carbocycles. The highest BCUT2D eigenvalue weighted by Crippen LogP contribution is 2.21. The van der Waals surface area contributed by atoms with Crippen LogP contribution in [0.2, 0.25) is 5.02 Å². The van der Waals surface area contributed by atoms with Crippen molar-refractivity contribution in [3.63, 3.8) is 0 Å². The van der Waals surface area contributed by atoms with E-state index in [0.29, 0.717) is 41.3 Å². The zero-order valence-electron chi connectivity index (χ0n) is 18.4. The third kappa shape index (κ3) is 5.89. The second-order valence-electron chi connectivity index (χ2n) is 7.75. The van der Waals surface area contributed by atoms with Gasteiger partial charge in [0.05, 0.1) is 17.4 Å². The number of aryl methyl sites for hydroxylation is 2. The molecule has 0 unspecified atom stereocenters. The number of nitrogens with one attached hydrogen (secondary N) is 1. The van der Waals surface area contributed by atoms with Crippen LogP contribution in [0.1, 0.15) is 39.3 Å². The first-order valence-electron chi connectivity index (χ1n) is 10.7. The Morgan fingerprint density at radius 2 is 2.00 bits per heavy atom. The zero-order valence-corrected chi connectivity index (χ0v) is 20.0. The first-order chi connectivity index (χ1) is 16.5. The van der Waals surface area contributed by atoms with Crippen LogP contribution in [0.25, 0.3) is 5.69 Å². The molecule has 0 bridgehead atoms. The van der Waals surface area contributed by atoms with Gasteiger partial charge in [-0.1, -0.05) is 46.4 Å². The summed E-state index contributed by atoms with van der Waals surface area (Å²) in [4.78, 5) is 26.4. The molecule has 174 valence electrons. The van der Waals surface area contributed by atoms with Gasteiger partial charge in [0.15, 0.2) is 5.78 Å². The Kier molecular flexibility index (Phi) is 7.71. The van der Waals surface area contributed by atoms with Crippen molar-refractivity contribution >= 4 is 34.8 Å². The molecule has 4 rings (SSSR count). The van der Waals surface area contributed by atoms with E-state index in [9.17, 15) is 9.59 Å². The van der Waals surface area contributed by atoms with Crippen LogP contribution in [-0.4, -0.2) is 47.5 Å². The van der Waals surface area contributed by atoms with Gasteiger partial charge in [-0.2, -0.15) is 0 Å². The van der Waals surface area contributed by atoms with E-state index in [1.54, 1.807) is 17.7 Å². The van der Waals surface area contributed by atoms with Crippen molar-refractivity contribution in [1.82, 2.24) is 35.1 Å². The molecule has 11 heteroatoms. The molecule has 0 fully saturated rings. The summed E-state index contributed by atoms with van der Waals surface area (Å²) in [6.07, 6.45) is 3.39. The summed E-state index contributed by atoms with van der Waals surface area (Å²) in [5, 5.41) is 18.7. The standard InChI is InChI=1S/C23H22ClN7O2S/c1-15-22(34-30-27-15)23(33)26-19(12-16-6-3-2-4-7-16)21(32)9-5-8-17-13-18(24)10-11-20(17)31-14-25-28-29-31/h2-4,6-7,10-11,13-14,19H,5,8-9,12H2,1H3,(H,26,33)/t19-/m0/s1. The van der Waals surface area contributed by atoms with Crippen molar-refractivity contribution in [1.29, 1.82) is 0 Å². The van der Waals surface area contributed by atoms with Crippen molar-refractivity contribution in [2.45, 2.75) is 38.6 Å². The summed E-state index contributed by atoms with van der Waals surface area (Å²) >= 11 is 7.21. The molecular formula is C23H22ClN7O2S. The molecule has 2 heterocycles. The summed E-state index contributed by atoms with van der Waals surface area (Å²) in [5.74, 6) is -0.379. The molecule has 1 amide bonds. The van der Waals surface area contributed by atoms with E-state index in [2.05, 4.69) is 30.4 Å². The van der Waals surface area contributed by atoms with Gasteiger partial charge in [-0.25, -0.2) is 4.68 Å². The Morgan fingerprint density at radius 3 is 2.71 bits per heavy atom. The maximum Gasteiger partial charge on any atom is 0.265 e. The van der Waals surface area contributed by atoms with E-state index >= 15 is 0 Å². The molecule has 0 aliphatic heterocycles. The van der Waals surface area contributed by atoms with E-state index in [-0.39, 0.29) is 11.7 Å². The van der Waals surface area contributed by atoms with Gasteiger partial charge >= 0.3 is 0 Å². The Hall–Kier alpha value is -3.50.